The summed E-state index contributed by atoms with van der Waals surface area (Å²) in [6.07, 6.45) is 2.42. The zero-order valence-electron chi connectivity index (χ0n) is 12.3. The summed E-state index contributed by atoms with van der Waals surface area (Å²) < 4.78 is 5.61. The van der Waals surface area contributed by atoms with Crippen LogP contribution in [0.2, 0.25) is 0 Å². The number of benzene rings is 1. The first kappa shape index (κ1) is 15.0. The third-order valence-electron chi connectivity index (χ3n) is 3.37. The number of hydrogen-bond donors (Lipinski definition) is 2. The maximum absolute atomic E-state index is 10.4. The third-order valence-corrected chi connectivity index (χ3v) is 3.37. The van der Waals surface area contributed by atoms with E-state index in [0.29, 0.717) is 17.0 Å². The molecule has 3 aromatic rings. The molecule has 0 fully saturated rings. The van der Waals surface area contributed by atoms with Gasteiger partial charge in [0, 0.05) is 12.4 Å². The van der Waals surface area contributed by atoms with Crippen LogP contribution in [-0.4, -0.2) is 20.2 Å². The summed E-state index contributed by atoms with van der Waals surface area (Å²) in [6.45, 7) is 0.234. The molecule has 5 heteroatoms. The zero-order valence-corrected chi connectivity index (χ0v) is 12.3. The quantitative estimate of drug-likeness (QED) is 0.758. The van der Waals surface area contributed by atoms with Crippen LogP contribution in [0.25, 0.3) is 0 Å². The van der Waals surface area contributed by atoms with Gasteiger partial charge in [-0.3, -0.25) is 9.97 Å². The normalized spacial score (nSPS) is 11.9. The Morgan fingerprint density at radius 2 is 1.74 bits per heavy atom. The van der Waals surface area contributed by atoms with Gasteiger partial charge in [0.05, 0.1) is 11.4 Å². The van der Waals surface area contributed by atoms with Crippen molar-refractivity contribution in [1.29, 1.82) is 0 Å². The minimum atomic E-state index is -0.881. The number of aliphatic hydroxyl groups is 1. The maximum Gasteiger partial charge on any atom is 0.161 e. The topological polar surface area (TPSA) is 75.5 Å². The van der Waals surface area contributed by atoms with Crippen LogP contribution < -0.4 is 4.74 Å². The summed E-state index contributed by atoms with van der Waals surface area (Å²) in [6, 6.07) is 15.6. The fourth-order valence-corrected chi connectivity index (χ4v) is 2.16. The van der Waals surface area contributed by atoms with Crippen LogP contribution in [0.1, 0.15) is 23.1 Å². The van der Waals surface area contributed by atoms with E-state index in [2.05, 4.69) is 9.97 Å². The van der Waals surface area contributed by atoms with Gasteiger partial charge in [0.25, 0.3) is 0 Å². The summed E-state index contributed by atoms with van der Waals surface area (Å²) in [5, 5.41) is 20.3. The van der Waals surface area contributed by atoms with Crippen molar-refractivity contribution in [2.45, 2.75) is 12.7 Å². The largest absolute Gasteiger partial charge is 0.504 e. The van der Waals surface area contributed by atoms with E-state index in [0.717, 1.165) is 5.69 Å². The minimum Gasteiger partial charge on any atom is -0.504 e. The summed E-state index contributed by atoms with van der Waals surface area (Å²) in [4.78, 5) is 8.30. The number of aromatic nitrogens is 2. The number of aliphatic hydroxyl groups excluding tert-OH is 1. The average Bonchev–Trinajstić information content (AvgIpc) is 2.62. The highest BCUT2D eigenvalue weighted by Gasteiger charge is 2.14. The van der Waals surface area contributed by atoms with Crippen molar-refractivity contribution in [2.75, 3.05) is 0 Å². The molecule has 1 aromatic carbocycles. The molecule has 116 valence electrons. The van der Waals surface area contributed by atoms with E-state index in [-0.39, 0.29) is 12.4 Å². The highest BCUT2D eigenvalue weighted by molar-refractivity contribution is 5.43. The van der Waals surface area contributed by atoms with Crippen LogP contribution in [0.4, 0.5) is 0 Å². The first-order chi connectivity index (χ1) is 11.2. The van der Waals surface area contributed by atoms with E-state index in [1.165, 1.54) is 6.07 Å². The van der Waals surface area contributed by atoms with E-state index in [9.17, 15) is 10.2 Å². The fraction of sp³-hybridized carbons (Fsp3) is 0.111. The van der Waals surface area contributed by atoms with Crippen LogP contribution in [-0.2, 0) is 6.61 Å². The number of hydrogen-bond acceptors (Lipinski definition) is 5. The molecule has 0 aliphatic carbocycles. The summed E-state index contributed by atoms with van der Waals surface area (Å²) in [5.74, 6) is 0.307. The third kappa shape index (κ3) is 3.64. The molecule has 0 saturated carbocycles. The second-order valence-electron chi connectivity index (χ2n) is 4.99. The highest BCUT2D eigenvalue weighted by Crippen LogP contribution is 2.31. The predicted molar refractivity (Wildman–Crippen MR) is 85.0 cm³/mol. The Morgan fingerprint density at radius 3 is 2.43 bits per heavy atom. The Kier molecular flexibility index (Phi) is 4.49. The van der Waals surface area contributed by atoms with Gasteiger partial charge in [-0.1, -0.05) is 18.2 Å². The molecule has 0 aliphatic heterocycles. The van der Waals surface area contributed by atoms with Gasteiger partial charge in [-0.15, -0.1) is 0 Å². The second kappa shape index (κ2) is 6.89. The van der Waals surface area contributed by atoms with Gasteiger partial charge in [0.15, 0.2) is 11.5 Å². The van der Waals surface area contributed by atoms with Crippen molar-refractivity contribution >= 4 is 0 Å². The fourth-order valence-electron chi connectivity index (χ4n) is 2.16. The molecule has 5 nitrogen and oxygen atoms in total. The number of phenols is 1. The molecule has 2 aromatic heterocycles. The zero-order chi connectivity index (χ0) is 16.1. The van der Waals surface area contributed by atoms with Crippen LogP contribution >= 0.6 is 0 Å². The second-order valence-corrected chi connectivity index (χ2v) is 4.99. The van der Waals surface area contributed by atoms with Crippen LogP contribution in [0, 0.1) is 0 Å². The van der Waals surface area contributed by atoms with Crippen LogP contribution in [0.5, 0.6) is 11.5 Å². The Labute approximate surface area is 133 Å². The smallest absolute Gasteiger partial charge is 0.161 e. The average molecular weight is 308 g/mol. The molecule has 3 rings (SSSR count). The van der Waals surface area contributed by atoms with Gasteiger partial charge in [0.1, 0.15) is 12.7 Å². The Balaban J connectivity index is 1.79. The summed E-state index contributed by atoms with van der Waals surface area (Å²) in [5.41, 5.74) is 1.88. The van der Waals surface area contributed by atoms with Crippen molar-refractivity contribution in [3.05, 3.63) is 83.9 Å². The molecule has 0 saturated heterocycles. The first-order valence-corrected chi connectivity index (χ1v) is 7.18. The molecule has 1 atom stereocenters. The van der Waals surface area contributed by atoms with E-state index in [1.54, 1.807) is 36.7 Å². The summed E-state index contributed by atoms with van der Waals surface area (Å²) in [7, 11) is 0. The number of ether oxygens (including phenoxy) is 1. The molecule has 0 radical (unpaired) electrons. The molecule has 0 aliphatic rings. The minimum absolute atomic E-state index is 0.0119. The Bertz CT molecular complexity index is 764. The van der Waals surface area contributed by atoms with Crippen molar-refractivity contribution < 1.29 is 14.9 Å². The van der Waals surface area contributed by atoms with Crippen molar-refractivity contribution in [1.82, 2.24) is 9.97 Å². The lowest BCUT2D eigenvalue weighted by Gasteiger charge is -2.13. The van der Waals surface area contributed by atoms with Crippen molar-refractivity contribution in [3.63, 3.8) is 0 Å². The lowest BCUT2D eigenvalue weighted by Crippen LogP contribution is -2.03. The van der Waals surface area contributed by atoms with E-state index < -0.39 is 6.10 Å². The molecule has 2 heterocycles. The standard InChI is InChI=1S/C18H16N2O3/c21-16-8-7-13(18(22)15-6-2-4-10-20-15)11-17(16)23-12-14-5-1-3-9-19-14/h1-11,18,21-22H,12H2. The molecule has 1 unspecified atom stereocenters. The summed E-state index contributed by atoms with van der Waals surface area (Å²) >= 11 is 0. The Morgan fingerprint density at radius 1 is 0.957 bits per heavy atom. The maximum atomic E-state index is 10.4. The van der Waals surface area contributed by atoms with Gasteiger partial charge in [0.2, 0.25) is 0 Å². The lowest BCUT2D eigenvalue weighted by atomic mass is 10.1. The lowest BCUT2D eigenvalue weighted by molar-refractivity contribution is 0.213. The predicted octanol–water partition coefficient (Wildman–Crippen LogP) is 2.84. The SMILES string of the molecule is Oc1ccc(C(O)c2ccccn2)cc1OCc1ccccn1. The van der Waals surface area contributed by atoms with E-state index in [4.69, 9.17) is 4.74 Å². The number of pyridine rings is 2. The molecule has 23 heavy (non-hydrogen) atoms. The molecule has 0 spiro atoms. The highest BCUT2D eigenvalue weighted by atomic mass is 16.5. The molecule has 0 bridgehead atoms. The molecular weight excluding hydrogens is 292 g/mol. The van der Waals surface area contributed by atoms with Gasteiger partial charge >= 0.3 is 0 Å². The number of phenolic OH excluding ortho intramolecular Hbond substituents is 1. The number of nitrogens with zero attached hydrogens (tertiary/aromatic N) is 2. The van der Waals surface area contributed by atoms with Gasteiger partial charge < -0.3 is 14.9 Å². The number of aromatic hydroxyl groups is 1. The molecule has 2 N–H and O–H groups in total. The van der Waals surface area contributed by atoms with Crippen molar-refractivity contribution in [3.8, 4) is 11.5 Å². The van der Waals surface area contributed by atoms with Gasteiger partial charge in [-0.25, -0.2) is 0 Å². The van der Waals surface area contributed by atoms with E-state index in [1.807, 2.05) is 24.3 Å². The number of rotatable bonds is 5. The molecule has 0 amide bonds. The van der Waals surface area contributed by atoms with E-state index >= 15 is 0 Å². The van der Waals surface area contributed by atoms with Gasteiger partial charge in [-0.2, -0.15) is 0 Å². The molecular formula is C18H16N2O3. The monoisotopic (exact) mass is 308 g/mol. The first-order valence-electron chi connectivity index (χ1n) is 7.18. The van der Waals surface area contributed by atoms with Gasteiger partial charge in [-0.05, 0) is 42.0 Å². The van der Waals surface area contributed by atoms with Crippen molar-refractivity contribution in [2.24, 2.45) is 0 Å². The van der Waals surface area contributed by atoms with Crippen LogP contribution in [0.3, 0.4) is 0 Å². The van der Waals surface area contributed by atoms with Crippen LogP contribution in [0.15, 0.2) is 67.0 Å². The Hall–Kier alpha value is -2.92.